The second-order valence-corrected chi connectivity index (χ2v) is 3.51. The first-order valence-corrected chi connectivity index (χ1v) is 4.79. The van der Waals surface area contributed by atoms with Crippen LogP contribution in [0.15, 0.2) is 24.3 Å². The molecule has 0 aromatic heterocycles. The number of carbonyl (C=O) groups is 1. The standard InChI is InChI=1S/C12H12O3/c1-15-10-4-5-11-8(6-10)2-3-9(11)7-12(13)14/h4-7H,2-3H2,1H3,(H,13,14)/p-1/b9-7+. The Morgan fingerprint density at radius 3 is 2.93 bits per heavy atom. The van der Waals surface area contributed by atoms with Gasteiger partial charge in [-0.15, -0.1) is 0 Å². The summed E-state index contributed by atoms with van der Waals surface area (Å²) in [5.74, 6) is -0.322. The summed E-state index contributed by atoms with van der Waals surface area (Å²) in [7, 11) is 1.62. The van der Waals surface area contributed by atoms with Gasteiger partial charge in [0, 0.05) is 0 Å². The van der Waals surface area contributed by atoms with Crippen LogP contribution in [0.2, 0.25) is 0 Å². The number of carboxylic acid groups (broad SMARTS) is 1. The van der Waals surface area contributed by atoms with E-state index < -0.39 is 5.97 Å². The summed E-state index contributed by atoms with van der Waals surface area (Å²) < 4.78 is 5.11. The Labute approximate surface area is 88.0 Å². The van der Waals surface area contributed by atoms with E-state index in [2.05, 4.69) is 0 Å². The predicted molar refractivity (Wildman–Crippen MR) is 54.3 cm³/mol. The lowest BCUT2D eigenvalue weighted by molar-refractivity contribution is -0.297. The van der Waals surface area contributed by atoms with Crippen LogP contribution >= 0.6 is 0 Å². The monoisotopic (exact) mass is 203 g/mol. The van der Waals surface area contributed by atoms with E-state index in [1.165, 1.54) is 6.08 Å². The number of allylic oxidation sites excluding steroid dienone is 1. The van der Waals surface area contributed by atoms with Gasteiger partial charge in [0.1, 0.15) is 5.75 Å². The van der Waals surface area contributed by atoms with Gasteiger partial charge < -0.3 is 14.6 Å². The molecule has 1 aromatic carbocycles. The molecule has 3 heteroatoms. The summed E-state index contributed by atoms with van der Waals surface area (Å²) in [5.41, 5.74) is 2.98. The van der Waals surface area contributed by atoms with E-state index in [0.717, 1.165) is 35.3 Å². The smallest absolute Gasteiger partial charge is 0.119 e. The molecule has 1 aromatic rings. The topological polar surface area (TPSA) is 49.4 Å². The Bertz CT molecular complexity index is 432. The normalized spacial score (nSPS) is 16.5. The van der Waals surface area contributed by atoms with Crippen molar-refractivity contribution in [3.63, 3.8) is 0 Å². The maximum absolute atomic E-state index is 10.5. The van der Waals surface area contributed by atoms with Crippen molar-refractivity contribution in [2.45, 2.75) is 12.8 Å². The molecule has 0 radical (unpaired) electrons. The van der Waals surface area contributed by atoms with E-state index in [0.29, 0.717) is 0 Å². The zero-order chi connectivity index (χ0) is 10.8. The van der Waals surface area contributed by atoms with Crippen molar-refractivity contribution in [1.29, 1.82) is 0 Å². The van der Waals surface area contributed by atoms with Crippen molar-refractivity contribution >= 4 is 11.5 Å². The first kappa shape index (κ1) is 9.77. The van der Waals surface area contributed by atoms with Crippen LogP contribution in [0.25, 0.3) is 5.57 Å². The quantitative estimate of drug-likeness (QED) is 0.667. The fraction of sp³-hybridized carbons (Fsp3) is 0.250. The van der Waals surface area contributed by atoms with Crippen LogP contribution in [0.5, 0.6) is 5.75 Å². The third-order valence-corrected chi connectivity index (χ3v) is 2.61. The van der Waals surface area contributed by atoms with Gasteiger partial charge in [0.05, 0.1) is 13.1 Å². The van der Waals surface area contributed by atoms with Gasteiger partial charge in [0.2, 0.25) is 0 Å². The number of carbonyl (C=O) groups excluding carboxylic acids is 1. The van der Waals surface area contributed by atoms with E-state index in [1.54, 1.807) is 7.11 Å². The van der Waals surface area contributed by atoms with Gasteiger partial charge >= 0.3 is 0 Å². The van der Waals surface area contributed by atoms with Crippen LogP contribution in [-0.4, -0.2) is 13.1 Å². The minimum atomic E-state index is -1.13. The second kappa shape index (κ2) is 3.77. The van der Waals surface area contributed by atoms with Gasteiger partial charge in [-0.3, -0.25) is 0 Å². The fourth-order valence-electron chi connectivity index (χ4n) is 1.91. The van der Waals surface area contributed by atoms with Crippen LogP contribution < -0.4 is 9.84 Å². The Balaban J connectivity index is 2.40. The Morgan fingerprint density at radius 1 is 1.47 bits per heavy atom. The summed E-state index contributed by atoms with van der Waals surface area (Å²) in [6.07, 6.45) is 2.81. The average molecular weight is 203 g/mol. The maximum Gasteiger partial charge on any atom is 0.119 e. The average Bonchev–Trinajstić information content (AvgIpc) is 2.60. The van der Waals surface area contributed by atoms with Crippen LogP contribution in [0.4, 0.5) is 0 Å². The van der Waals surface area contributed by atoms with Gasteiger partial charge in [-0.2, -0.15) is 0 Å². The summed E-state index contributed by atoms with van der Waals surface area (Å²) in [5, 5.41) is 10.5. The minimum Gasteiger partial charge on any atom is -0.545 e. The van der Waals surface area contributed by atoms with Crippen LogP contribution in [0, 0.1) is 0 Å². The lowest BCUT2D eigenvalue weighted by atomic mass is 10.1. The Kier molecular flexibility index (Phi) is 2.46. The van der Waals surface area contributed by atoms with Gasteiger partial charge in [-0.05, 0) is 47.8 Å². The first-order valence-electron chi connectivity index (χ1n) is 4.79. The maximum atomic E-state index is 10.5. The lowest BCUT2D eigenvalue weighted by Gasteiger charge is -2.04. The van der Waals surface area contributed by atoms with Crippen molar-refractivity contribution in [3.8, 4) is 5.75 Å². The first-order chi connectivity index (χ1) is 7.20. The number of hydrogen-bond donors (Lipinski definition) is 0. The number of benzene rings is 1. The molecule has 1 aliphatic carbocycles. The van der Waals surface area contributed by atoms with Crippen molar-refractivity contribution in [3.05, 3.63) is 35.4 Å². The number of methoxy groups -OCH3 is 1. The molecule has 15 heavy (non-hydrogen) atoms. The molecule has 0 saturated heterocycles. The molecule has 0 atom stereocenters. The molecule has 0 aliphatic heterocycles. The zero-order valence-corrected chi connectivity index (χ0v) is 8.45. The Morgan fingerprint density at radius 2 is 2.27 bits per heavy atom. The predicted octanol–water partition coefficient (Wildman–Crippen LogP) is 0.775. The number of aliphatic carboxylic acids is 1. The molecule has 0 saturated carbocycles. The highest BCUT2D eigenvalue weighted by Crippen LogP contribution is 2.34. The highest BCUT2D eigenvalue weighted by atomic mass is 16.5. The minimum absolute atomic E-state index is 0.760. The summed E-state index contributed by atoms with van der Waals surface area (Å²) in [4.78, 5) is 10.5. The largest absolute Gasteiger partial charge is 0.545 e. The Hall–Kier alpha value is -1.77. The number of fused-ring (bicyclic) bond motifs is 1. The molecule has 0 amide bonds. The second-order valence-electron chi connectivity index (χ2n) is 3.51. The van der Waals surface area contributed by atoms with Crippen LogP contribution in [0.3, 0.4) is 0 Å². The van der Waals surface area contributed by atoms with E-state index in [-0.39, 0.29) is 0 Å². The number of hydrogen-bond acceptors (Lipinski definition) is 3. The van der Waals surface area contributed by atoms with Gasteiger partial charge in [-0.25, -0.2) is 0 Å². The van der Waals surface area contributed by atoms with E-state index in [4.69, 9.17) is 4.74 Å². The molecule has 0 spiro atoms. The molecule has 78 valence electrons. The highest BCUT2D eigenvalue weighted by molar-refractivity contribution is 5.90. The number of rotatable bonds is 2. The van der Waals surface area contributed by atoms with Gasteiger partial charge in [0.15, 0.2) is 0 Å². The van der Waals surface area contributed by atoms with E-state index in [1.807, 2.05) is 18.2 Å². The summed E-state index contributed by atoms with van der Waals surface area (Å²) in [6, 6.07) is 5.69. The fourth-order valence-corrected chi connectivity index (χ4v) is 1.91. The molecule has 3 nitrogen and oxygen atoms in total. The number of carboxylic acids is 1. The summed E-state index contributed by atoms with van der Waals surface area (Å²) >= 11 is 0. The van der Waals surface area contributed by atoms with Crippen LogP contribution in [-0.2, 0) is 11.2 Å². The molecule has 1 aliphatic rings. The molecule has 0 N–H and O–H groups in total. The lowest BCUT2D eigenvalue weighted by Crippen LogP contribution is -2.19. The molecule has 0 fully saturated rings. The molecular weight excluding hydrogens is 192 g/mol. The van der Waals surface area contributed by atoms with Gasteiger partial charge in [0.25, 0.3) is 0 Å². The molecule has 2 rings (SSSR count). The summed E-state index contributed by atoms with van der Waals surface area (Å²) in [6.45, 7) is 0. The molecule has 0 heterocycles. The van der Waals surface area contributed by atoms with Crippen molar-refractivity contribution in [1.82, 2.24) is 0 Å². The molecular formula is C12H11O3-. The number of aryl methyl sites for hydroxylation is 1. The number of ether oxygens (including phenoxy) is 1. The van der Waals surface area contributed by atoms with Crippen molar-refractivity contribution in [2.24, 2.45) is 0 Å². The molecule has 0 bridgehead atoms. The van der Waals surface area contributed by atoms with Crippen molar-refractivity contribution < 1.29 is 14.6 Å². The SMILES string of the molecule is COc1ccc2c(c1)CC/C2=C\C(=O)[O-]. The van der Waals surface area contributed by atoms with Gasteiger partial charge in [-0.1, -0.05) is 6.07 Å². The molecule has 0 unspecified atom stereocenters. The van der Waals surface area contributed by atoms with Crippen molar-refractivity contribution in [2.75, 3.05) is 7.11 Å². The van der Waals surface area contributed by atoms with E-state index >= 15 is 0 Å². The zero-order valence-electron chi connectivity index (χ0n) is 8.45. The third kappa shape index (κ3) is 1.86. The van der Waals surface area contributed by atoms with Crippen LogP contribution in [0.1, 0.15) is 17.5 Å². The highest BCUT2D eigenvalue weighted by Gasteiger charge is 2.16. The van der Waals surface area contributed by atoms with E-state index in [9.17, 15) is 9.90 Å². The third-order valence-electron chi connectivity index (χ3n) is 2.61.